The van der Waals surface area contributed by atoms with Crippen LogP contribution in [0.5, 0.6) is 0 Å². The van der Waals surface area contributed by atoms with Gasteiger partial charge in [0.2, 0.25) is 0 Å². The third kappa shape index (κ3) is 3.17. The third-order valence-electron chi connectivity index (χ3n) is 1.47. The molecule has 0 fully saturated rings. The van der Waals surface area contributed by atoms with E-state index in [2.05, 4.69) is 36.7 Å². The molecule has 0 aromatic heterocycles. The van der Waals surface area contributed by atoms with Gasteiger partial charge < -0.3 is 5.73 Å². The van der Waals surface area contributed by atoms with E-state index >= 15 is 0 Å². The van der Waals surface area contributed by atoms with Gasteiger partial charge in [-0.3, -0.25) is 0 Å². The van der Waals surface area contributed by atoms with Crippen LogP contribution in [0.25, 0.3) is 0 Å². The van der Waals surface area contributed by atoms with Crippen LogP contribution in [-0.4, -0.2) is 4.75 Å². The highest BCUT2D eigenvalue weighted by Gasteiger charge is 2.15. The van der Waals surface area contributed by atoms with Gasteiger partial charge in [0.05, 0.1) is 4.47 Å². The molecule has 0 saturated carbocycles. The lowest BCUT2D eigenvalue weighted by molar-refractivity contribution is 0.620. The highest BCUT2D eigenvalue weighted by molar-refractivity contribution is 9.10. The first-order valence-electron chi connectivity index (χ1n) is 4.23. The predicted octanol–water partition coefficient (Wildman–Crippen LogP) is 4.06. The van der Waals surface area contributed by atoms with E-state index in [0.717, 1.165) is 4.90 Å². The Morgan fingerprint density at radius 3 is 2.43 bits per heavy atom. The second-order valence-corrected chi connectivity index (χ2v) is 6.74. The highest BCUT2D eigenvalue weighted by Crippen LogP contribution is 2.37. The summed E-state index contributed by atoms with van der Waals surface area (Å²) in [7, 11) is 0. The van der Waals surface area contributed by atoms with Crippen molar-refractivity contribution in [3.05, 3.63) is 22.4 Å². The summed E-state index contributed by atoms with van der Waals surface area (Å²) in [4.78, 5) is 0.908. The van der Waals surface area contributed by atoms with E-state index in [0.29, 0.717) is 10.2 Å². The smallest absolute Gasteiger partial charge is 0.139 e. The maximum Gasteiger partial charge on any atom is 0.139 e. The molecular weight excluding hydrogens is 265 g/mol. The molecular formula is C10H13BrFNS. The van der Waals surface area contributed by atoms with Crippen molar-refractivity contribution in [3.63, 3.8) is 0 Å². The number of hydrogen-bond donors (Lipinski definition) is 1. The van der Waals surface area contributed by atoms with Crippen molar-refractivity contribution in [2.45, 2.75) is 30.4 Å². The number of nitrogen functional groups attached to an aromatic ring is 1. The Kier molecular flexibility index (Phi) is 3.48. The standard InChI is InChI=1S/C10H13BrFNS/c1-10(2,3)14-9-4-6(11)7(12)5-8(9)13/h4-5H,13H2,1-3H3. The van der Waals surface area contributed by atoms with Crippen molar-refractivity contribution >= 4 is 33.4 Å². The fourth-order valence-corrected chi connectivity index (χ4v) is 2.47. The van der Waals surface area contributed by atoms with Gasteiger partial charge in [-0.25, -0.2) is 4.39 Å². The van der Waals surface area contributed by atoms with Gasteiger partial charge in [0.15, 0.2) is 0 Å². The summed E-state index contributed by atoms with van der Waals surface area (Å²) < 4.78 is 13.6. The third-order valence-corrected chi connectivity index (χ3v) is 3.26. The van der Waals surface area contributed by atoms with Crippen molar-refractivity contribution in [2.75, 3.05) is 5.73 Å². The average Bonchev–Trinajstić information content (AvgIpc) is 1.97. The van der Waals surface area contributed by atoms with Crippen LogP contribution >= 0.6 is 27.7 Å². The number of anilines is 1. The fourth-order valence-electron chi connectivity index (χ4n) is 0.962. The second kappa shape index (κ2) is 4.11. The molecule has 0 amide bonds. The number of nitrogens with two attached hydrogens (primary N) is 1. The topological polar surface area (TPSA) is 26.0 Å². The molecule has 78 valence electrons. The Morgan fingerprint density at radius 1 is 1.36 bits per heavy atom. The monoisotopic (exact) mass is 277 g/mol. The molecule has 1 rings (SSSR count). The minimum Gasteiger partial charge on any atom is -0.398 e. The van der Waals surface area contributed by atoms with Crippen LogP contribution in [0.4, 0.5) is 10.1 Å². The van der Waals surface area contributed by atoms with E-state index in [4.69, 9.17) is 5.73 Å². The zero-order valence-corrected chi connectivity index (χ0v) is 10.8. The van der Waals surface area contributed by atoms with Crippen LogP contribution in [0, 0.1) is 5.82 Å². The van der Waals surface area contributed by atoms with Crippen molar-refractivity contribution in [2.24, 2.45) is 0 Å². The molecule has 1 aromatic rings. The average molecular weight is 278 g/mol. The Hall–Kier alpha value is -0.220. The highest BCUT2D eigenvalue weighted by atomic mass is 79.9. The minimum absolute atomic E-state index is 0.0748. The van der Waals surface area contributed by atoms with Crippen LogP contribution in [0.1, 0.15) is 20.8 Å². The zero-order chi connectivity index (χ0) is 10.9. The maximum absolute atomic E-state index is 13.1. The fraction of sp³-hybridized carbons (Fsp3) is 0.400. The Balaban J connectivity index is 3.04. The van der Waals surface area contributed by atoms with Crippen molar-refractivity contribution < 1.29 is 4.39 Å². The van der Waals surface area contributed by atoms with E-state index < -0.39 is 0 Å². The molecule has 0 spiro atoms. The predicted molar refractivity (Wildman–Crippen MR) is 64.1 cm³/mol. The molecule has 0 aliphatic carbocycles. The van der Waals surface area contributed by atoms with E-state index in [1.807, 2.05) is 0 Å². The van der Waals surface area contributed by atoms with E-state index in [9.17, 15) is 4.39 Å². The second-order valence-electron chi connectivity index (χ2n) is 4.02. The first kappa shape index (κ1) is 11.9. The molecule has 0 unspecified atom stereocenters. The van der Waals surface area contributed by atoms with Gasteiger partial charge in [0, 0.05) is 15.3 Å². The van der Waals surface area contributed by atoms with Crippen molar-refractivity contribution in [1.29, 1.82) is 0 Å². The van der Waals surface area contributed by atoms with Gasteiger partial charge in [0.1, 0.15) is 5.82 Å². The van der Waals surface area contributed by atoms with Crippen LogP contribution < -0.4 is 5.73 Å². The van der Waals surface area contributed by atoms with Gasteiger partial charge in [-0.2, -0.15) is 0 Å². The minimum atomic E-state index is -0.319. The first-order valence-corrected chi connectivity index (χ1v) is 5.84. The molecule has 0 bridgehead atoms. The number of hydrogen-bond acceptors (Lipinski definition) is 2. The molecule has 0 heterocycles. The molecule has 2 N–H and O–H groups in total. The molecule has 14 heavy (non-hydrogen) atoms. The summed E-state index contributed by atoms with van der Waals surface area (Å²) >= 11 is 4.77. The number of benzene rings is 1. The SMILES string of the molecule is CC(C)(C)Sc1cc(Br)c(F)cc1N. The maximum atomic E-state index is 13.1. The summed E-state index contributed by atoms with van der Waals surface area (Å²) in [5.74, 6) is -0.319. The molecule has 0 atom stereocenters. The van der Waals surface area contributed by atoms with Crippen LogP contribution in [0.15, 0.2) is 21.5 Å². The van der Waals surface area contributed by atoms with Gasteiger partial charge in [0.25, 0.3) is 0 Å². The lowest BCUT2D eigenvalue weighted by Gasteiger charge is -2.19. The lowest BCUT2D eigenvalue weighted by atomic mass is 10.3. The lowest BCUT2D eigenvalue weighted by Crippen LogP contribution is -2.07. The Bertz CT molecular complexity index is 347. The Labute approximate surface area is 96.4 Å². The quantitative estimate of drug-likeness (QED) is 0.619. The van der Waals surface area contributed by atoms with E-state index in [-0.39, 0.29) is 10.6 Å². The van der Waals surface area contributed by atoms with Crippen LogP contribution in [-0.2, 0) is 0 Å². The number of halogens is 2. The summed E-state index contributed by atoms with van der Waals surface area (Å²) in [6, 6.07) is 3.07. The van der Waals surface area contributed by atoms with Gasteiger partial charge in [-0.15, -0.1) is 11.8 Å². The molecule has 0 aliphatic heterocycles. The molecule has 1 nitrogen and oxygen atoms in total. The van der Waals surface area contributed by atoms with E-state index in [1.54, 1.807) is 17.8 Å². The van der Waals surface area contributed by atoms with Crippen molar-refractivity contribution in [1.82, 2.24) is 0 Å². The zero-order valence-electron chi connectivity index (χ0n) is 8.40. The summed E-state index contributed by atoms with van der Waals surface area (Å²) in [6.45, 7) is 6.27. The van der Waals surface area contributed by atoms with Crippen LogP contribution in [0.2, 0.25) is 0 Å². The molecule has 4 heteroatoms. The molecule has 0 saturated heterocycles. The largest absolute Gasteiger partial charge is 0.398 e. The summed E-state index contributed by atoms with van der Waals surface area (Å²) in [5, 5.41) is 0. The summed E-state index contributed by atoms with van der Waals surface area (Å²) in [5.41, 5.74) is 6.21. The Morgan fingerprint density at radius 2 is 1.93 bits per heavy atom. The first-order chi connectivity index (χ1) is 6.29. The van der Waals surface area contributed by atoms with Gasteiger partial charge >= 0.3 is 0 Å². The molecule has 0 aliphatic rings. The van der Waals surface area contributed by atoms with Gasteiger partial charge in [-0.1, -0.05) is 20.8 Å². The number of thioether (sulfide) groups is 1. The van der Waals surface area contributed by atoms with E-state index in [1.165, 1.54) is 6.07 Å². The van der Waals surface area contributed by atoms with Crippen molar-refractivity contribution in [3.8, 4) is 0 Å². The number of rotatable bonds is 1. The normalized spacial score (nSPS) is 11.8. The molecule has 1 aromatic carbocycles. The van der Waals surface area contributed by atoms with Gasteiger partial charge in [-0.05, 0) is 28.1 Å². The summed E-state index contributed by atoms with van der Waals surface area (Å²) in [6.07, 6.45) is 0. The van der Waals surface area contributed by atoms with Crippen LogP contribution in [0.3, 0.4) is 0 Å². The molecule has 0 radical (unpaired) electrons.